The van der Waals surface area contributed by atoms with E-state index in [2.05, 4.69) is 37.2 Å². The lowest BCUT2D eigenvalue weighted by Crippen LogP contribution is -1.99. The quantitative estimate of drug-likeness (QED) is 0.555. The Labute approximate surface area is 125 Å². The fourth-order valence-electron chi connectivity index (χ4n) is 0.385. The summed E-state index contributed by atoms with van der Waals surface area (Å²) in [5.74, 6) is 0. The van der Waals surface area contributed by atoms with Gasteiger partial charge in [0.1, 0.15) is 0 Å². The minimum atomic E-state index is 2.00. The smallest absolute Gasteiger partial charge is 0 e. The van der Waals surface area contributed by atoms with Crippen LogP contribution in [0.25, 0.3) is 0 Å². The van der Waals surface area contributed by atoms with Crippen molar-refractivity contribution in [3.63, 3.8) is 0 Å². The van der Waals surface area contributed by atoms with Crippen molar-refractivity contribution in [2.45, 2.75) is 0 Å². The third kappa shape index (κ3) is 62.0. The molecule has 1 aromatic rings. The molecule has 0 atom stereocenters. The van der Waals surface area contributed by atoms with Crippen LogP contribution in [0.15, 0.2) is 36.4 Å². The van der Waals surface area contributed by atoms with E-state index in [0.29, 0.717) is 0 Å². The van der Waals surface area contributed by atoms with Crippen molar-refractivity contribution in [2.24, 2.45) is 0 Å². The Morgan fingerprint density at radius 2 is 0.562 bits per heavy atom. The number of halogens is 2. The fourth-order valence-corrected chi connectivity index (χ4v) is 0.385. The first-order chi connectivity index (χ1) is 7.46. The van der Waals surface area contributed by atoms with Crippen molar-refractivity contribution in [1.29, 1.82) is 0 Å². The first-order valence-electron chi connectivity index (χ1n) is 4.83. The van der Waals surface area contributed by atoms with Crippen molar-refractivity contribution in [2.75, 3.05) is 42.3 Å². The summed E-state index contributed by atoms with van der Waals surface area (Å²) in [6, 6.07) is 12.0. The molecule has 0 N–H and O–H groups in total. The molecule has 4 heteroatoms. The maximum Gasteiger partial charge on any atom is 0 e. The number of hydrogen-bond acceptors (Lipinski definition) is 2. The second-order valence-electron chi connectivity index (χ2n) is 3.84. The lowest BCUT2D eigenvalue weighted by atomic mass is 10.4. The van der Waals surface area contributed by atoms with Crippen molar-refractivity contribution in [3.05, 3.63) is 36.4 Å². The van der Waals surface area contributed by atoms with Crippen LogP contribution in [0.3, 0.4) is 0 Å². The third-order valence-electron chi connectivity index (χ3n) is 0.667. The van der Waals surface area contributed by atoms with Gasteiger partial charge in [-0.1, -0.05) is 36.4 Å². The van der Waals surface area contributed by atoms with Gasteiger partial charge in [-0.05, 0) is 42.3 Å². The summed E-state index contributed by atoms with van der Waals surface area (Å²) in [6.07, 6.45) is 0. The SMILES string of the molecule is CN(C)C.CN(C)C.II.c1ccccc1. The highest BCUT2D eigenvalue weighted by atomic mass is 128. The van der Waals surface area contributed by atoms with Gasteiger partial charge < -0.3 is 9.80 Å². The number of rotatable bonds is 0. The average Bonchev–Trinajstić information content (AvgIpc) is 2.22. The van der Waals surface area contributed by atoms with Crippen LogP contribution < -0.4 is 0 Å². The highest BCUT2D eigenvalue weighted by molar-refractivity contribution is 15.0. The molecule has 0 aliphatic heterocycles. The Bertz CT molecular complexity index is 141. The molecular formula is C12H24I2N2. The van der Waals surface area contributed by atoms with Gasteiger partial charge in [0.25, 0.3) is 0 Å². The van der Waals surface area contributed by atoms with Gasteiger partial charge in [0.05, 0.1) is 0 Å². The number of hydrogen-bond donors (Lipinski definition) is 0. The Hall–Kier alpha value is 0.600. The standard InChI is InChI=1S/C6H6.2C3H9N.I2/c1-2-4-6-5-3-1;2*1-4(2)3;1-2/h1-6H;2*1-3H3;. The van der Waals surface area contributed by atoms with E-state index < -0.39 is 0 Å². The van der Waals surface area contributed by atoms with E-state index in [1.165, 1.54) is 0 Å². The minimum absolute atomic E-state index is 2.00. The molecule has 96 valence electrons. The monoisotopic (exact) mass is 450 g/mol. The maximum absolute atomic E-state index is 2.12. The Morgan fingerprint density at radius 3 is 0.625 bits per heavy atom. The van der Waals surface area contributed by atoms with E-state index >= 15 is 0 Å². The normalized spacial score (nSPS) is 7.88. The van der Waals surface area contributed by atoms with E-state index in [-0.39, 0.29) is 0 Å². The maximum atomic E-state index is 2.12. The van der Waals surface area contributed by atoms with E-state index in [0.717, 1.165) is 0 Å². The molecular weight excluding hydrogens is 426 g/mol. The molecule has 0 saturated heterocycles. The predicted molar refractivity (Wildman–Crippen MR) is 93.7 cm³/mol. The van der Waals surface area contributed by atoms with Crippen LogP contribution >= 0.6 is 37.2 Å². The summed E-state index contributed by atoms with van der Waals surface area (Å²) in [4.78, 5) is 4.00. The van der Waals surface area contributed by atoms with E-state index in [1.807, 2.05) is 88.5 Å². The van der Waals surface area contributed by atoms with Gasteiger partial charge in [-0.15, -0.1) is 0 Å². The second-order valence-corrected chi connectivity index (χ2v) is 3.84. The Balaban J connectivity index is -0.000000152. The van der Waals surface area contributed by atoms with Gasteiger partial charge >= 0.3 is 0 Å². The van der Waals surface area contributed by atoms with E-state index in [4.69, 9.17) is 0 Å². The molecule has 0 aromatic heterocycles. The van der Waals surface area contributed by atoms with Gasteiger partial charge in [0.2, 0.25) is 0 Å². The third-order valence-corrected chi connectivity index (χ3v) is 0.667. The molecule has 0 saturated carbocycles. The molecule has 0 aliphatic rings. The van der Waals surface area contributed by atoms with Crippen LogP contribution in [0.2, 0.25) is 0 Å². The summed E-state index contributed by atoms with van der Waals surface area (Å²) < 4.78 is 0. The first-order valence-corrected chi connectivity index (χ1v) is 11.1. The molecule has 0 bridgehead atoms. The summed E-state index contributed by atoms with van der Waals surface area (Å²) in [7, 11) is 12.0. The molecule has 0 amide bonds. The Kier molecular flexibility index (Phi) is 28.6. The molecule has 0 aliphatic carbocycles. The van der Waals surface area contributed by atoms with Crippen molar-refractivity contribution in [3.8, 4) is 0 Å². The predicted octanol–water partition coefficient (Wildman–Crippen LogP) is 3.81. The molecule has 0 heterocycles. The average molecular weight is 450 g/mol. The molecule has 0 unspecified atom stereocenters. The minimum Gasteiger partial charge on any atom is -0.312 e. The first kappa shape index (κ1) is 21.8. The molecule has 1 rings (SSSR count). The number of benzene rings is 1. The fraction of sp³-hybridized carbons (Fsp3) is 0.500. The lowest BCUT2D eigenvalue weighted by Gasteiger charge is -1.90. The summed E-state index contributed by atoms with van der Waals surface area (Å²) >= 11 is 4.24. The van der Waals surface area contributed by atoms with Gasteiger partial charge in [0, 0.05) is 37.2 Å². The summed E-state index contributed by atoms with van der Waals surface area (Å²) in [5.41, 5.74) is 0. The number of nitrogens with zero attached hydrogens (tertiary/aromatic N) is 2. The zero-order valence-corrected chi connectivity index (χ0v) is 15.4. The zero-order chi connectivity index (χ0) is 13.4. The topological polar surface area (TPSA) is 6.48 Å². The molecule has 16 heavy (non-hydrogen) atoms. The van der Waals surface area contributed by atoms with E-state index in [1.54, 1.807) is 0 Å². The molecule has 0 spiro atoms. The highest BCUT2D eigenvalue weighted by Crippen LogP contribution is 1.89. The van der Waals surface area contributed by atoms with Crippen molar-refractivity contribution < 1.29 is 0 Å². The highest BCUT2D eigenvalue weighted by Gasteiger charge is 1.58. The second kappa shape index (κ2) is 20.9. The van der Waals surface area contributed by atoms with Crippen molar-refractivity contribution >= 4 is 37.2 Å². The largest absolute Gasteiger partial charge is 0.312 e. The van der Waals surface area contributed by atoms with Crippen LogP contribution in [0.4, 0.5) is 0 Å². The molecule has 1 aromatic carbocycles. The molecule has 0 fully saturated rings. The van der Waals surface area contributed by atoms with Crippen LogP contribution in [-0.2, 0) is 0 Å². The molecule has 2 nitrogen and oxygen atoms in total. The Morgan fingerprint density at radius 1 is 0.500 bits per heavy atom. The summed E-state index contributed by atoms with van der Waals surface area (Å²) in [6.45, 7) is 0. The zero-order valence-electron chi connectivity index (χ0n) is 11.1. The lowest BCUT2D eigenvalue weighted by molar-refractivity contribution is 0.505. The van der Waals surface area contributed by atoms with Crippen LogP contribution in [-0.4, -0.2) is 52.1 Å². The van der Waals surface area contributed by atoms with Gasteiger partial charge in [-0.25, -0.2) is 0 Å². The molecule has 0 radical (unpaired) electrons. The van der Waals surface area contributed by atoms with Crippen LogP contribution in [0.5, 0.6) is 0 Å². The van der Waals surface area contributed by atoms with Gasteiger partial charge in [-0.3, -0.25) is 0 Å². The van der Waals surface area contributed by atoms with E-state index in [9.17, 15) is 0 Å². The summed E-state index contributed by atoms with van der Waals surface area (Å²) in [5, 5.41) is 0. The van der Waals surface area contributed by atoms with Crippen LogP contribution in [0, 0.1) is 0 Å². The van der Waals surface area contributed by atoms with Gasteiger partial charge in [-0.2, -0.15) is 0 Å². The van der Waals surface area contributed by atoms with Crippen LogP contribution in [0.1, 0.15) is 0 Å². The van der Waals surface area contributed by atoms with Gasteiger partial charge in [0.15, 0.2) is 0 Å². The van der Waals surface area contributed by atoms with Crippen molar-refractivity contribution in [1.82, 2.24) is 9.80 Å².